The Morgan fingerprint density at radius 1 is 1.10 bits per heavy atom. The minimum absolute atomic E-state index is 0.0140. The summed E-state index contributed by atoms with van der Waals surface area (Å²) in [7, 11) is 3.10. The Kier molecular flexibility index (Phi) is 9.11. The van der Waals surface area contributed by atoms with E-state index >= 15 is 0 Å². The molecule has 10 nitrogen and oxygen atoms in total. The van der Waals surface area contributed by atoms with E-state index in [0.29, 0.717) is 47.1 Å². The second kappa shape index (κ2) is 12.5. The Hall–Kier alpha value is -3.89. The number of nitro groups is 1. The van der Waals surface area contributed by atoms with Crippen molar-refractivity contribution in [3.8, 4) is 11.5 Å². The number of rotatable bonds is 10. The van der Waals surface area contributed by atoms with Crippen LogP contribution in [0.4, 0.5) is 5.69 Å². The molecule has 1 aliphatic heterocycles. The minimum atomic E-state index is -0.943. The molecule has 0 radical (unpaired) electrons. The number of nitrogens with one attached hydrogen (secondary N) is 1. The number of ketones is 1. The number of carbonyl (C=O) groups excluding carboxylic acids is 2. The van der Waals surface area contributed by atoms with Crippen LogP contribution in [0.1, 0.15) is 49.7 Å². The van der Waals surface area contributed by atoms with Crippen molar-refractivity contribution in [3.05, 3.63) is 85.2 Å². The van der Waals surface area contributed by atoms with E-state index in [1.165, 1.54) is 18.2 Å². The lowest BCUT2D eigenvalue weighted by molar-refractivity contribution is -0.384. The van der Waals surface area contributed by atoms with Gasteiger partial charge < -0.3 is 24.3 Å². The Balaban J connectivity index is 1.78. The highest BCUT2D eigenvalue weighted by atomic mass is 35.5. The first-order chi connectivity index (χ1) is 19.2. The number of Topliss-reactive ketones (excluding diaryl/α,β-unsaturated/α-hetero) is 1. The molecule has 2 aromatic carbocycles. The molecule has 1 aliphatic carbocycles. The van der Waals surface area contributed by atoms with Gasteiger partial charge in [-0.25, -0.2) is 4.79 Å². The number of carbonyl (C=O) groups is 2. The molecule has 0 aromatic heterocycles. The van der Waals surface area contributed by atoms with Crippen LogP contribution in [0.5, 0.6) is 11.5 Å². The van der Waals surface area contributed by atoms with Gasteiger partial charge in [0.25, 0.3) is 5.69 Å². The largest absolute Gasteiger partial charge is 0.493 e. The van der Waals surface area contributed by atoms with E-state index in [1.54, 1.807) is 27.2 Å². The third kappa shape index (κ3) is 5.83. The van der Waals surface area contributed by atoms with Gasteiger partial charge in [-0.05, 0) is 55.5 Å². The van der Waals surface area contributed by atoms with E-state index in [-0.39, 0.29) is 47.6 Å². The number of hydrogen-bond donors (Lipinski definition) is 1. The highest BCUT2D eigenvalue weighted by molar-refractivity contribution is 6.31. The summed E-state index contributed by atoms with van der Waals surface area (Å²) in [5, 5.41) is 15.1. The van der Waals surface area contributed by atoms with E-state index in [9.17, 15) is 19.7 Å². The lowest BCUT2D eigenvalue weighted by Crippen LogP contribution is -2.36. The van der Waals surface area contributed by atoms with Gasteiger partial charge in [-0.1, -0.05) is 17.7 Å². The van der Waals surface area contributed by atoms with Crippen molar-refractivity contribution in [3.63, 3.8) is 0 Å². The van der Waals surface area contributed by atoms with Crippen LogP contribution in [0.3, 0.4) is 0 Å². The first kappa shape index (κ1) is 29.1. The molecule has 40 heavy (non-hydrogen) atoms. The van der Waals surface area contributed by atoms with Gasteiger partial charge >= 0.3 is 5.97 Å². The number of hydrogen-bond acceptors (Lipinski definition) is 9. The number of benzene rings is 2. The molecule has 2 aromatic rings. The van der Waals surface area contributed by atoms with Crippen molar-refractivity contribution >= 4 is 29.0 Å². The van der Waals surface area contributed by atoms with Crippen LogP contribution >= 0.6 is 11.6 Å². The molecule has 2 atom stereocenters. The highest BCUT2D eigenvalue weighted by Crippen LogP contribution is 2.48. The van der Waals surface area contributed by atoms with Crippen LogP contribution in [0.2, 0.25) is 5.02 Å². The van der Waals surface area contributed by atoms with Crippen LogP contribution in [-0.4, -0.2) is 50.7 Å². The standard InChI is InChI=1S/C29H31ClN2O8/c1-5-39-10-11-40-29(34)26-16(2)31-22-12-18(17-6-9-24(37-3)25(14-17)38-4)13-23(33)28(22)27(26)20-15-19(32(35)36)7-8-21(20)30/h6-9,14-15,18,27,31H,5,10-13H2,1-4H3. The number of non-ortho nitro benzene ring substituents is 1. The molecule has 2 aliphatic rings. The number of ether oxygens (including phenoxy) is 4. The molecular formula is C29H31ClN2O8. The predicted molar refractivity (Wildman–Crippen MR) is 148 cm³/mol. The molecule has 0 spiro atoms. The molecule has 2 unspecified atom stereocenters. The lowest BCUT2D eigenvalue weighted by atomic mass is 9.71. The maximum Gasteiger partial charge on any atom is 0.336 e. The number of dihydropyridines is 1. The van der Waals surface area contributed by atoms with E-state index in [1.807, 2.05) is 19.1 Å². The van der Waals surface area contributed by atoms with E-state index in [2.05, 4.69) is 5.32 Å². The summed E-state index contributed by atoms with van der Waals surface area (Å²) < 4.78 is 21.5. The van der Waals surface area contributed by atoms with Crippen molar-refractivity contribution in [1.82, 2.24) is 5.32 Å². The Morgan fingerprint density at radius 3 is 2.52 bits per heavy atom. The average molecular weight is 571 g/mol. The van der Waals surface area contributed by atoms with Crippen LogP contribution in [0.15, 0.2) is 58.9 Å². The van der Waals surface area contributed by atoms with Crippen molar-refractivity contribution < 1.29 is 33.5 Å². The number of esters is 1. The smallest absolute Gasteiger partial charge is 0.336 e. The molecule has 0 amide bonds. The Morgan fingerprint density at radius 2 is 1.85 bits per heavy atom. The number of halogens is 1. The molecule has 1 heterocycles. The van der Waals surface area contributed by atoms with Crippen molar-refractivity contribution in [2.75, 3.05) is 34.0 Å². The molecular weight excluding hydrogens is 540 g/mol. The monoisotopic (exact) mass is 570 g/mol. The lowest BCUT2D eigenvalue weighted by Gasteiger charge is -2.37. The van der Waals surface area contributed by atoms with Gasteiger partial charge in [0.05, 0.1) is 31.3 Å². The topological polar surface area (TPSA) is 126 Å². The zero-order chi connectivity index (χ0) is 29.0. The SMILES string of the molecule is CCOCCOC(=O)C1=C(C)NC2=C(C(=O)CC(c3ccc(OC)c(OC)c3)C2)C1c1cc([N+](=O)[O-])ccc1Cl. The van der Waals surface area contributed by atoms with Gasteiger partial charge in [0.2, 0.25) is 0 Å². The van der Waals surface area contributed by atoms with Gasteiger partial charge in [-0.3, -0.25) is 14.9 Å². The second-order valence-corrected chi connectivity index (χ2v) is 9.83. The first-order valence-electron chi connectivity index (χ1n) is 12.8. The summed E-state index contributed by atoms with van der Waals surface area (Å²) >= 11 is 6.57. The van der Waals surface area contributed by atoms with E-state index in [4.69, 9.17) is 30.5 Å². The summed E-state index contributed by atoms with van der Waals surface area (Å²) in [5.41, 5.74) is 2.62. The van der Waals surface area contributed by atoms with Crippen LogP contribution in [0, 0.1) is 10.1 Å². The van der Waals surface area contributed by atoms with Crippen LogP contribution in [0.25, 0.3) is 0 Å². The molecule has 0 saturated carbocycles. The van der Waals surface area contributed by atoms with Crippen molar-refractivity contribution in [2.24, 2.45) is 0 Å². The zero-order valence-corrected chi connectivity index (χ0v) is 23.5. The highest BCUT2D eigenvalue weighted by Gasteiger charge is 2.42. The first-order valence-corrected chi connectivity index (χ1v) is 13.2. The number of nitro benzene ring substituents is 1. The molecule has 212 valence electrons. The van der Waals surface area contributed by atoms with E-state index < -0.39 is 16.8 Å². The second-order valence-electron chi connectivity index (χ2n) is 9.43. The average Bonchev–Trinajstić information content (AvgIpc) is 2.94. The predicted octanol–water partition coefficient (Wildman–Crippen LogP) is 5.21. The van der Waals surface area contributed by atoms with Gasteiger partial charge in [-0.15, -0.1) is 0 Å². The maximum atomic E-state index is 13.9. The maximum absolute atomic E-state index is 13.9. The fourth-order valence-electron chi connectivity index (χ4n) is 5.24. The zero-order valence-electron chi connectivity index (χ0n) is 22.7. The molecule has 0 saturated heterocycles. The molecule has 1 N–H and O–H groups in total. The third-order valence-electron chi connectivity index (χ3n) is 7.09. The third-order valence-corrected chi connectivity index (χ3v) is 7.44. The molecule has 0 bridgehead atoms. The normalized spacial score (nSPS) is 18.7. The number of methoxy groups -OCH3 is 2. The minimum Gasteiger partial charge on any atom is -0.493 e. The molecule has 4 rings (SSSR count). The number of nitrogens with zero attached hydrogens (tertiary/aromatic N) is 1. The Bertz CT molecular complexity index is 1400. The molecule has 11 heteroatoms. The molecule has 0 fully saturated rings. The van der Waals surface area contributed by atoms with Crippen molar-refractivity contribution in [2.45, 2.75) is 38.5 Å². The van der Waals surface area contributed by atoms with Gasteiger partial charge in [0.15, 0.2) is 17.3 Å². The summed E-state index contributed by atoms with van der Waals surface area (Å²) in [6.45, 7) is 4.24. The van der Waals surface area contributed by atoms with Crippen LogP contribution < -0.4 is 14.8 Å². The quantitative estimate of drug-likeness (QED) is 0.177. The van der Waals surface area contributed by atoms with Gasteiger partial charge in [-0.2, -0.15) is 0 Å². The number of allylic oxidation sites excluding steroid dienone is 3. The van der Waals surface area contributed by atoms with Gasteiger partial charge in [0, 0.05) is 53.1 Å². The Labute approximate surface area is 237 Å². The fourth-order valence-corrected chi connectivity index (χ4v) is 5.47. The summed E-state index contributed by atoms with van der Waals surface area (Å²) in [4.78, 5) is 38.3. The fraction of sp³-hybridized carbons (Fsp3) is 0.379. The van der Waals surface area contributed by atoms with Gasteiger partial charge in [0.1, 0.15) is 6.61 Å². The van der Waals surface area contributed by atoms with E-state index in [0.717, 1.165) is 5.56 Å². The van der Waals surface area contributed by atoms with Crippen LogP contribution in [-0.2, 0) is 19.1 Å². The summed E-state index contributed by atoms with van der Waals surface area (Å²) in [6.07, 6.45) is 0.619. The summed E-state index contributed by atoms with van der Waals surface area (Å²) in [5.74, 6) is -0.838. The summed E-state index contributed by atoms with van der Waals surface area (Å²) in [6, 6.07) is 9.55. The van der Waals surface area contributed by atoms with Crippen molar-refractivity contribution in [1.29, 1.82) is 0 Å².